The van der Waals surface area contributed by atoms with E-state index in [4.69, 9.17) is 9.84 Å². The van der Waals surface area contributed by atoms with Crippen molar-refractivity contribution in [1.82, 2.24) is 14.5 Å². The Balaban J connectivity index is 0.00000103. The number of fused-ring (bicyclic) bond motifs is 13. The quantitative estimate of drug-likeness (QED) is 0.349. The van der Waals surface area contributed by atoms with Gasteiger partial charge in [0.15, 0.2) is 5.72 Å². The Bertz CT molecular complexity index is 1730. The van der Waals surface area contributed by atoms with Crippen molar-refractivity contribution in [2.75, 3.05) is 13.7 Å². The van der Waals surface area contributed by atoms with Crippen LogP contribution in [0.3, 0.4) is 0 Å². The SMILES string of the molecule is C[C@]12O[C@H](C[C@]1(O)CO)n1c3ccccc3c3c4c(c5c6ccccc6n2c5c31)CNC4=O.C[O-]. The summed E-state index contributed by atoms with van der Waals surface area (Å²) in [6.07, 6.45) is -0.247. The van der Waals surface area contributed by atoms with Crippen molar-refractivity contribution in [3.63, 3.8) is 0 Å². The van der Waals surface area contributed by atoms with Crippen molar-refractivity contribution >= 4 is 49.5 Å². The lowest BCUT2D eigenvalue weighted by atomic mass is 9.89. The number of aromatic nitrogens is 2. The highest BCUT2D eigenvalue weighted by Gasteiger charge is 2.60. The molecule has 0 aliphatic carbocycles. The first-order valence-electron chi connectivity index (χ1n) is 11.7. The lowest BCUT2D eigenvalue weighted by Crippen LogP contribution is -2.53. The van der Waals surface area contributed by atoms with Gasteiger partial charge in [-0.2, -0.15) is 7.11 Å². The molecule has 0 unspecified atom stereocenters. The fourth-order valence-electron chi connectivity index (χ4n) is 6.73. The van der Waals surface area contributed by atoms with E-state index in [2.05, 4.69) is 20.5 Å². The zero-order valence-electron chi connectivity index (χ0n) is 19.3. The molecule has 0 spiro atoms. The molecule has 5 heterocycles. The van der Waals surface area contributed by atoms with Crippen LogP contribution in [0.25, 0.3) is 43.6 Å². The van der Waals surface area contributed by atoms with Gasteiger partial charge in [-0.3, -0.25) is 4.79 Å². The van der Waals surface area contributed by atoms with E-state index in [1.807, 2.05) is 49.4 Å². The molecule has 3 aliphatic heterocycles. The summed E-state index contributed by atoms with van der Waals surface area (Å²) in [6, 6.07) is 16.1. The van der Waals surface area contributed by atoms with E-state index >= 15 is 0 Å². The second-order valence-electron chi connectivity index (χ2n) is 9.67. The first kappa shape index (κ1) is 20.9. The van der Waals surface area contributed by atoms with Crippen LogP contribution in [-0.4, -0.2) is 44.6 Å². The molecule has 3 aliphatic rings. The van der Waals surface area contributed by atoms with Crippen LogP contribution < -0.4 is 10.4 Å². The minimum atomic E-state index is -1.48. The van der Waals surface area contributed by atoms with Gasteiger partial charge < -0.3 is 34.5 Å². The summed E-state index contributed by atoms with van der Waals surface area (Å²) < 4.78 is 10.9. The van der Waals surface area contributed by atoms with Crippen LogP contribution in [0.5, 0.6) is 0 Å². The Morgan fingerprint density at radius 1 is 1.06 bits per heavy atom. The monoisotopic (exact) mass is 470 g/mol. The normalized spacial score (nSPS) is 26.4. The Morgan fingerprint density at radius 2 is 1.71 bits per heavy atom. The van der Waals surface area contributed by atoms with Crippen LogP contribution in [0, 0.1) is 0 Å². The first-order valence-corrected chi connectivity index (χ1v) is 11.7. The molecule has 1 amide bonds. The van der Waals surface area contributed by atoms with Crippen molar-refractivity contribution in [3.8, 4) is 0 Å². The highest BCUT2D eigenvalue weighted by Crippen LogP contribution is 2.57. The van der Waals surface area contributed by atoms with Crippen molar-refractivity contribution in [1.29, 1.82) is 0 Å². The van der Waals surface area contributed by atoms with Crippen LogP contribution >= 0.6 is 0 Å². The molecule has 2 bridgehead atoms. The number of amides is 1. The van der Waals surface area contributed by atoms with E-state index in [9.17, 15) is 15.0 Å². The Kier molecular flexibility index (Phi) is 3.95. The number of nitrogens with one attached hydrogen (secondary N) is 1. The number of para-hydroxylation sites is 2. The predicted molar refractivity (Wildman–Crippen MR) is 130 cm³/mol. The van der Waals surface area contributed by atoms with Gasteiger partial charge in [0.05, 0.1) is 34.2 Å². The number of aliphatic hydroxyl groups excluding tert-OH is 1. The van der Waals surface area contributed by atoms with E-state index in [1.165, 1.54) is 0 Å². The summed E-state index contributed by atoms with van der Waals surface area (Å²) in [6.45, 7) is 1.91. The molecule has 1 fully saturated rings. The van der Waals surface area contributed by atoms with Crippen LogP contribution in [0.15, 0.2) is 48.5 Å². The molecule has 35 heavy (non-hydrogen) atoms. The van der Waals surface area contributed by atoms with Crippen LogP contribution in [-0.2, 0) is 17.0 Å². The number of nitrogens with zero attached hydrogens (tertiary/aromatic N) is 2. The molecule has 5 aromatic rings. The maximum Gasteiger partial charge on any atom is 0.252 e. The molecule has 1 saturated heterocycles. The topological polar surface area (TPSA) is 112 Å². The second kappa shape index (κ2) is 6.61. The van der Waals surface area contributed by atoms with E-state index in [0.717, 1.165) is 61.8 Å². The Hall–Kier alpha value is -3.43. The molecule has 8 heteroatoms. The number of rotatable bonds is 1. The number of aliphatic hydroxyl groups is 2. The minimum absolute atomic E-state index is 0.0555. The molecule has 3 N–H and O–H groups in total. The lowest BCUT2D eigenvalue weighted by molar-refractivity contribution is -0.325. The number of benzene rings is 3. The Labute approximate surface area is 199 Å². The number of hydrogen-bond donors (Lipinski definition) is 3. The molecule has 3 atom stereocenters. The van der Waals surface area contributed by atoms with Crippen LogP contribution in [0.4, 0.5) is 0 Å². The predicted octanol–water partition coefficient (Wildman–Crippen LogP) is 2.45. The highest BCUT2D eigenvalue weighted by molar-refractivity contribution is 6.31. The van der Waals surface area contributed by atoms with Crippen LogP contribution in [0.1, 0.15) is 35.5 Å². The van der Waals surface area contributed by atoms with Gasteiger partial charge in [-0.25, -0.2) is 0 Å². The van der Waals surface area contributed by atoms with Gasteiger partial charge in [-0.15, -0.1) is 0 Å². The summed E-state index contributed by atoms with van der Waals surface area (Å²) in [4.78, 5) is 13.2. The van der Waals surface area contributed by atoms with E-state index < -0.39 is 24.2 Å². The largest absolute Gasteiger partial charge is 0.857 e. The van der Waals surface area contributed by atoms with E-state index in [1.54, 1.807) is 0 Å². The van der Waals surface area contributed by atoms with Gasteiger partial charge in [-0.1, -0.05) is 36.4 Å². The zero-order valence-corrected chi connectivity index (χ0v) is 19.3. The average Bonchev–Trinajstić information content (AvgIpc) is 3.57. The number of carbonyl (C=O) groups excluding carboxylic acids is 1. The number of carbonyl (C=O) groups is 1. The van der Waals surface area contributed by atoms with E-state index in [0.29, 0.717) is 6.54 Å². The summed E-state index contributed by atoms with van der Waals surface area (Å²) in [7, 11) is 0.750. The third-order valence-electron chi connectivity index (χ3n) is 8.23. The molecule has 2 aromatic heterocycles. The molecule has 8 rings (SSSR count). The standard InChI is InChI=1S/C26H21N3O4.CH3O/c1-25-26(32,12-30)10-18(33-25)28-16-8-4-2-6-13(16)20-21-15(11-27-24(21)31)19-14-7-3-5-9-17(14)29(25)23(19)22(20)28;1-2/h2-9,18,30,32H,10-12H2,1H3,(H,27,31);1H3/q;-1/t18-,25+,26+;/m1./s1. The summed E-state index contributed by atoms with van der Waals surface area (Å²) in [5.74, 6) is -0.0555. The maximum absolute atomic E-state index is 13.2. The third-order valence-corrected chi connectivity index (χ3v) is 8.23. The summed E-state index contributed by atoms with van der Waals surface area (Å²) in [5.41, 5.74) is 2.80. The third kappa shape index (κ3) is 2.16. The lowest BCUT2D eigenvalue weighted by Gasteiger charge is -2.38. The Morgan fingerprint density at radius 3 is 2.43 bits per heavy atom. The van der Waals surface area contributed by atoms with Gasteiger partial charge in [0, 0.05) is 34.5 Å². The molecule has 0 radical (unpaired) electrons. The number of hydrogen-bond acceptors (Lipinski definition) is 5. The average molecular weight is 471 g/mol. The maximum atomic E-state index is 13.2. The van der Waals surface area contributed by atoms with Crippen molar-refractivity contribution < 1.29 is 24.9 Å². The molecular formula is C27H24N3O5-. The summed E-state index contributed by atoms with van der Waals surface area (Å²) in [5, 5.41) is 37.4. The zero-order chi connectivity index (χ0) is 24.3. The van der Waals surface area contributed by atoms with Gasteiger partial charge in [-0.05, 0) is 24.6 Å². The van der Waals surface area contributed by atoms with Crippen molar-refractivity contribution in [2.24, 2.45) is 0 Å². The molecule has 8 nitrogen and oxygen atoms in total. The first-order chi connectivity index (χ1) is 17.0. The van der Waals surface area contributed by atoms with Crippen molar-refractivity contribution in [2.45, 2.75) is 37.4 Å². The number of ether oxygens (including phenoxy) is 1. The second-order valence-corrected chi connectivity index (χ2v) is 9.67. The van der Waals surface area contributed by atoms with Crippen LogP contribution in [0.2, 0.25) is 0 Å². The molecular weight excluding hydrogens is 446 g/mol. The fraction of sp³-hybridized carbons (Fsp3) is 0.296. The molecule has 3 aromatic carbocycles. The van der Waals surface area contributed by atoms with Gasteiger partial charge in [0.1, 0.15) is 11.8 Å². The molecule has 0 saturated carbocycles. The summed E-state index contributed by atoms with van der Waals surface area (Å²) >= 11 is 0. The molecule has 178 valence electrons. The minimum Gasteiger partial charge on any atom is -0.857 e. The fourth-order valence-corrected chi connectivity index (χ4v) is 6.73. The van der Waals surface area contributed by atoms with Gasteiger partial charge in [0.25, 0.3) is 5.91 Å². The highest BCUT2D eigenvalue weighted by atomic mass is 16.6. The van der Waals surface area contributed by atoms with E-state index in [-0.39, 0.29) is 12.3 Å². The smallest absolute Gasteiger partial charge is 0.252 e. The van der Waals surface area contributed by atoms with Gasteiger partial charge in [0.2, 0.25) is 0 Å². The van der Waals surface area contributed by atoms with Gasteiger partial charge >= 0.3 is 0 Å². The van der Waals surface area contributed by atoms with Crippen molar-refractivity contribution in [3.05, 3.63) is 59.7 Å².